The topological polar surface area (TPSA) is 94.4 Å². The van der Waals surface area contributed by atoms with Crippen LogP contribution in [0.4, 0.5) is 0 Å². The van der Waals surface area contributed by atoms with Crippen molar-refractivity contribution in [2.24, 2.45) is 4.99 Å². The molecule has 0 bridgehead atoms. The Balaban J connectivity index is 0. The van der Waals surface area contributed by atoms with E-state index < -0.39 is 0 Å². The van der Waals surface area contributed by atoms with Crippen LogP contribution >= 0.6 is 0 Å². The molecule has 0 aromatic rings. The average molecular weight is 104 g/mol. The molecule has 1 aliphatic rings. The first kappa shape index (κ1) is 9.63. The zero-order chi connectivity index (χ0) is 3.54. The van der Waals surface area contributed by atoms with Crippen LogP contribution in [0.5, 0.6) is 0 Å². The van der Waals surface area contributed by atoms with E-state index in [2.05, 4.69) is 10.3 Å². The SMILES string of the molecule is C1=NCCN1.N.N. The summed E-state index contributed by atoms with van der Waals surface area (Å²) in [5, 5.41) is 2.93. The number of nitrogens with one attached hydrogen (secondary N) is 1. The fourth-order valence-electron chi connectivity index (χ4n) is 0.323. The van der Waals surface area contributed by atoms with Crippen molar-refractivity contribution in [3.63, 3.8) is 0 Å². The molecule has 44 valence electrons. The summed E-state index contributed by atoms with van der Waals surface area (Å²) in [6.45, 7) is 1.99. The lowest BCUT2D eigenvalue weighted by Crippen LogP contribution is -2.04. The Labute approximate surface area is 43.2 Å². The van der Waals surface area contributed by atoms with Crippen LogP contribution in [0.2, 0.25) is 0 Å². The predicted octanol–water partition coefficient (Wildman–Crippen LogP) is -0.0581. The maximum Gasteiger partial charge on any atom is 0.0825 e. The van der Waals surface area contributed by atoms with Crippen LogP contribution in [0.1, 0.15) is 0 Å². The number of hydrogen-bond acceptors (Lipinski definition) is 4. The van der Waals surface area contributed by atoms with Crippen molar-refractivity contribution >= 4 is 6.34 Å². The summed E-state index contributed by atoms with van der Waals surface area (Å²) in [4.78, 5) is 3.85. The average Bonchev–Trinajstić information content (AvgIpc) is 1.76. The van der Waals surface area contributed by atoms with E-state index in [0.717, 1.165) is 13.1 Å². The molecule has 1 heterocycles. The highest BCUT2D eigenvalue weighted by atomic mass is 15.0. The van der Waals surface area contributed by atoms with Gasteiger partial charge in [-0.2, -0.15) is 0 Å². The van der Waals surface area contributed by atoms with Gasteiger partial charge >= 0.3 is 0 Å². The second-order valence-corrected chi connectivity index (χ2v) is 0.989. The molecule has 0 fully saturated rings. The second kappa shape index (κ2) is 5.39. The van der Waals surface area contributed by atoms with Gasteiger partial charge in [0.2, 0.25) is 0 Å². The molecular weight excluding hydrogens is 92.1 g/mol. The van der Waals surface area contributed by atoms with E-state index in [1.54, 1.807) is 6.34 Å². The van der Waals surface area contributed by atoms with Gasteiger partial charge in [0.15, 0.2) is 0 Å². The van der Waals surface area contributed by atoms with Gasteiger partial charge in [0.25, 0.3) is 0 Å². The molecule has 4 nitrogen and oxygen atoms in total. The first-order valence-corrected chi connectivity index (χ1v) is 1.72. The van der Waals surface area contributed by atoms with Gasteiger partial charge in [-0.25, -0.2) is 0 Å². The van der Waals surface area contributed by atoms with Gasteiger partial charge in [-0.1, -0.05) is 0 Å². The highest BCUT2D eigenvalue weighted by Gasteiger charge is 1.82. The number of rotatable bonds is 0. The van der Waals surface area contributed by atoms with E-state index >= 15 is 0 Å². The van der Waals surface area contributed by atoms with Gasteiger partial charge in [-0.3, -0.25) is 4.99 Å². The lowest BCUT2D eigenvalue weighted by Gasteiger charge is -1.75. The number of hydrogen-bond donors (Lipinski definition) is 3. The highest BCUT2D eigenvalue weighted by Crippen LogP contribution is 1.68. The molecule has 0 unspecified atom stereocenters. The summed E-state index contributed by atoms with van der Waals surface area (Å²) in [6, 6.07) is 0. The zero-order valence-electron chi connectivity index (χ0n) is 4.35. The minimum atomic E-state index is 0. The molecule has 0 aromatic heterocycles. The van der Waals surface area contributed by atoms with E-state index in [4.69, 9.17) is 0 Å². The largest absolute Gasteiger partial charge is 0.375 e. The second-order valence-electron chi connectivity index (χ2n) is 0.989. The van der Waals surface area contributed by atoms with E-state index in [1.807, 2.05) is 0 Å². The lowest BCUT2D eigenvalue weighted by molar-refractivity contribution is 0.965. The van der Waals surface area contributed by atoms with E-state index in [-0.39, 0.29) is 12.3 Å². The fourth-order valence-corrected chi connectivity index (χ4v) is 0.323. The standard InChI is InChI=1S/C3H6N2.2H3N/c1-2-5-3-4-1;;/h3H,1-2H2,(H,4,5);2*1H3. The zero-order valence-corrected chi connectivity index (χ0v) is 4.35. The van der Waals surface area contributed by atoms with Crippen LogP contribution in [0.3, 0.4) is 0 Å². The Bertz CT molecular complexity index is 44.9. The Hall–Kier alpha value is -0.610. The first-order valence-electron chi connectivity index (χ1n) is 1.72. The molecule has 0 aromatic carbocycles. The molecule has 4 heteroatoms. The minimum Gasteiger partial charge on any atom is -0.375 e. The summed E-state index contributed by atoms with van der Waals surface area (Å²) in [5.74, 6) is 0. The first-order chi connectivity index (χ1) is 2.50. The molecular formula is C3H12N4. The van der Waals surface area contributed by atoms with Crippen molar-refractivity contribution in [1.82, 2.24) is 17.6 Å². The van der Waals surface area contributed by atoms with Crippen LogP contribution in [-0.2, 0) is 0 Å². The molecule has 0 atom stereocenters. The fraction of sp³-hybridized carbons (Fsp3) is 0.667. The lowest BCUT2D eigenvalue weighted by atomic mass is 10.7. The molecule has 0 amide bonds. The third-order valence-corrected chi connectivity index (χ3v) is 0.568. The maximum atomic E-state index is 3.85. The van der Waals surface area contributed by atoms with Gasteiger partial charge in [0.05, 0.1) is 12.9 Å². The molecule has 1 aliphatic heterocycles. The van der Waals surface area contributed by atoms with Gasteiger partial charge in [0, 0.05) is 6.54 Å². The van der Waals surface area contributed by atoms with Crippen LogP contribution in [0.25, 0.3) is 0 Å². The molecule has 0 spiro atoms. The Kier molecular flexibility index (Phi) is 7.42. The van der Waals surface area contributed by atoms with Crippen molar-refractivity contribution in [3.05, 3.63) is 0 Å². The van der Waals surface area contributed by atoms with Gasteiger partial charge in [-0.15, -0.1) is 0 Å². The summed E-state index contributed by atoms with van der Waals surface area (Å²) in [5.41, 5.74) is 0. The summed E-state index contributed by atoms with van der Waals surface area (Å²) in [6.07, 6.45) is 1.74. The van der Waals surface area contributed by atoms with Crippen LogP contribution in [0, 0.1) is 0 Å². The quantitative estimate of drug-likeness (QED) is 0.402. The van der Waals surface area contributed by atoms with Crippen LogP contribution < -0.4 is 17.6 Å². The summed E-state index contributed by atoms with van der Waals surface area (Å²) >= 11 is 0. The van der Waals surface area contributed by atoms with E-state index in [1.165, 1.54) is 0 Å². The Morgan fingerprint density at radius 2 is 2.14 bits per heavy atom. The van der Waals surface area contributed by atoms with Crippen molar-refractivity contribution in [3.8, 4) is 0 Å². The molecule has 0 aliphatic carbocycles. The Morgan fingerprint density at radius 1 is 1.43 bits per heavy atom. The normalized spacial score (nSPS) is 13.7. The smallest absolute Gasteiger partial charge is 0.0825 e. The molecule has 0 saturated carbocycles. The van der Waals surface area contributed by atoms with Crippen molar-refractivity contribution in [2.75, 3.05) is 13.1 Å². The monoisotopic (exact) mass is 104 g/mol. The van der Waals surface area contributed by atoms with E-state index in [0.29, 0.717) is 0 Å². The summed E-state index contributed by atoms with van der Waals surface area (Å²) < 4.78 is 0. The minimum absolute atomic E-state index is 0. The number of nitrogens with zero attached hydrogens (tertiary/aromatic N) is 1. The van der Waals surface area contributed by atoms with Gasteiger partial charge < -0.3 is 17.6 Å². The highest BCUT2D eigenvalue weighted by molar-refractivity contribution is 5.56. The third kappa shape index (κ3) is 3.21. The van der Waals surface area contributed by atoms with Gasteiger partial charge in [0.1, 0.15) is 0 Å². The molecule has 7 N–H and O–H groups in total. The van der Waals surface area contributed by atoms with Gasteiger partial charge in [-0.05, 0) is 0 Å². The van der Waals surface area contributed by atoms with Crippen LogP contribution in [-0.4, -0.2) is 19.4 Å². The predicted molar refractivity (Wildman–Crippen MR) is 31.4 cm³/mol. The molecule has 0 radical (unpaired) electrons. The third-order valence-electron chi connectivity index (χ3n) is 0.568. The molecule has 1 rings (SSSR count). The number of aliphatic imine (C=N–C) groups is 1. The van der Waals surface area contributed by atoms with Crippen molar-refractivity contribution in [1.29, 1.82) is 0 Å². The Morgan fingerprint density at radius 3 is 2.29 bits per heavy atom. The van der Waals surface area contributed by atoms with E-state index in [9.17, 15) is 0 Å². The maximum absolute atomic E-state index is 3.85. The molecule has 7 heavy (non-hydrogen) atoms. The van der Waals surface area contributed by atoms with Crippen molar-refractivity contribution in [2.45, 2.75) is 0 Å². The van der Waals surface area contributed by atoms with Crippen molar-refractivity contribution < 1.29 is 0 Å². The van der Waals surface area contributed by atoms with Crippen LogP contribution in [0.15, 0.2) is 4.99 Å². The summed E-state index contributed by atoms with van der Waals surface area (Å²) in [7, 11) is 0. The molecule has 0 saturated heterocycles.